The summed E-state index contributed by atoms with van der Waals surface area (Å²) in [5.41, 5.74) is 0. The number of hydrogen-bond donors (Lipinski definition) is 1. The lowest BCUT2D eigenvalue weighted by atomic mass is 10.0. The average Bonchev–Trinajstić information content (AvgIpc) is 3.31. The van der Waals surface area contributed by atoms with Gasteiger partial charge in [-0.1, -0.05) is 276 Å². The van der Waals surface area contributed by atoms with Crippen molar-refractivity contribution in [1.82, 2.24) is 0 Å². The van der Waals surface area contributed by atoms with E-state index in [1.807, 2.05) is 21.1 Å². The highest BCUT2D eigenvalue weighted by atomic mass is 31.2. The molecule has 0 fully saturated rings. The van der Waals surface area contributed by atoms with Crippen LogP contribution in [0.25, 0.3) is 0 Å². The molecular formula is C60H121NO7P+. The molecule has 0 bridgehead atoms. The predicted octanol–water partition coefficient (Wildman–Crippen LogP) is 19.3. The molecule has 9 heteroatoms. The lowest BCUT2D eigenvalue weighted by Gasteiger charge is -2.24. The van der Waals surface area contributed by atoms with Crippen molar-refractivity contribution in [3.63, 3.8) is 0 Å². The fourth-order valence-corrected chi connectivity index (χ4v) is 9.88. The van der Waals surface area contributed by atoms with Gasteiger partial charge in [-0.25, -0.2) is 4.57 Å². The van der Waals surface area contributed by atoms with Gasteiger partial charge < -0.3 is 18.9 Å². The highest BCUT2D eigenvalue weighted by Crippen LogP contribution is 2.43. The first-order chi connectivity index (χ1) is 33.6. The van der Waals surface area contributed by atoms with Crippen LogP contribution in [0.4, 0.5) is 0 Å². The summed E-state index contributed by atoms with van der Waals surface area (Å²) < 4.78 is 35.3. The number of hydrogen-bond acceptors (Lipinski definition) is 6. The third-order valence-electron chi connectivity index (χ3n) is 13.8. The highest BCUT2D eigenvalue weighted by molar-refractivity contribution is 7.47. The fraction of sp³-hybridized carbons (Fsp3) is 0.950. The number of phosphoric ester groups is 1. The number of unbranched alkanes of at least 4 members (excludes halogenated alkanes) is 42. The maximum Gasteiger partial charge on any atom is 0.472 e. The van der Waals surface area contributed by atoms with E-state index in [1.165, 1.54) is 257 Å². The second kappa shape index (κ2) is 53.5. The zero-order valence-electron chi connectivity index (χ0n) is 47.1. The molecule has 412 valence electrons. The van der Waals surface area contributed by atoms with Crippen molar-refractivity contribution in [3.05, 3.63) is 12.2 Å². The van der Waals surface area contributed by atoms with Crippen LogP contribution in [0.3, 0.4) is 0 Å². The Bertz CT molecular complexity index is 1110. The first-order valence-electron chi connectivity index (χ1n) is 30.4. The summed E-state index contributed by atoms with van der Waals surface area (Å²) in [6, 6.07) is 0. The number of phosphoric acid groups is 1. The number of esters is 1. The molecule has 0 heterocycles. The second-order valence-electron chi connectivity index (χ2n) is 22.1. The molecule has 2 atom stereocenters. The van der Waals surface area contributed by atoms with Crippen LogP contribution in [0.15, 0.2) is 12.2 Å². The summed E-state index contributed by atoms with van der Waals surface area (Å²) in [4.78, 5) is 23.1. The van der Waals surface area contributed by atoms with Gasteiger partial charge in [-0.05, 0) is 38.5 Å². The zero-order valence-corrected chi connectivity index (χ0v) is 48.0. The van der Waals surface area contributed by atoms with E-state index < -0.39 is 13.9 Å². The van der Waals surface area contributed by atoms with Crippen LogP contribution in [0.1, 0.15) is 309 Å². The zero-order chi connectivity index (χ0) is 50.5. The third-order valence-corrected chi connectivity index (χ3v) is 14.8. The number of rotatable bonds is 58. The third kappa shape index (κ3) is 58.0. The summed E-state index contributed by atoms with van der Waals surface area (Å²) >= 11 is 0. The smallest absolute Gasteiger partial charge is 0.457 e. The maximum absolute atomic E-state index is 12.8. The van der Waals surface area contributed by atoms with Gasteiger partial charge in [-0.3, -0.25) is 13.8 Å². The topological polar surface area (TPSA) is 91.3 Å². The van der Waals surface area contributed by atoms with Crippen molar-refractivity contribution < 1.29 is 37.3 Å². The van der Waals surface area contributed by atoms with E-state index in [4.69, 9.17) is 18.5 Å². The van der Waals surface area contributed by atoms with Gasteiger partial charge in [0.25, 0.3) is 0 Å². The molecule has 69 heavy (non-hydrogen) atoms. The van der Waals surface area contributed by atoms with Crippen molar-refractivity contribution in [2.75, 3.05) is 54.1 Å². The molecule has 0 amide bonds. The van der Waals surface area contributed by atoms with Crippen molar-refractivity contribution in [2.24, 2.45) is 0 Å². The van der Waals surface area contributed by atoms with Crippen LogP contribution in [-0.4, -0.2) is 75.6 Å². The molecule has 0 aliphatic rings. The lowest BCUT2D eigenvalue weighted by molar-refractivity contribution is -0.870. The van der Waals surface area contributed by atoms with E-state index in [0.717, 1.165) is 32.1 Å². The van der Waals surface area contributed by atoms with E-state index >= 15 is 0 Å². The average molecular weight is 1000 g/mol. The number of carbonyl (C=O) groups is 1. The SMILES string of the molecule is CCCCCCCCCC/C=C\CCCCCCCCCCCCOCC(COP(=O)(O)OCC[N+](C)(C)C)OC(=O)CCCCCCCCCCCCCCCCCCCCCCCCCCC. The molecular weight excluding hydrogens is 878 g/mol. The molecule has 1 N–H and O–H groups in total. The molecule has 0 aromatic rings. The first kappa shape index (κ1) is 68.2. The summed E-state index contributed by atoms with van der Waals surface area (Å²) in [5.74, 6) is -0.304. The quantitative estimate of drug-likeness (QED) is 0.0213. The monoisotopic (exact) mass is 999 g/mol. The van der Waals surface area contributed by atoms with Crippen molar-refractivity contribution in [1.29, 1.82) is 0 Å². The number of carbonyl (C=O) groups excluding carboxylic acids is 1. The number of nitrogens with zero attached hydrogens (tertiary/aromatic N) is 1. The Hall–Kier alpha value is -0.760. The number of likely N-dealkylation sites (N-methyl/N-ethyl adjacent to an activating group) is 1. The largest absolute Gasteiger partial charge is 0.472 e. The summed E-state index contributed by atoms with van der Waals surface area (Å²) in [6.45, 7) is 5.70. The molecule has 0 spiro atoms. The molecule has 0 aromatic heterocycles. The van der Waals surface area contributed by atoms with Crippen molar-refractivity contribution in [2.45, 2.75) is 315 Å². The maximum atomic E-state index is 12.8. The Kier molecular flexibility index (Phi) is 52.9. The summed E-state index contributed by atoms with van der Waals surface area (Å²) in [7, 11) is 1.69. The van der Waals surface area contributed by atoms with Crippen LogP contribution < -0.4 is 0 Å². The predicted molar refractivity (Wildman–Crippen MR) is 298 cm³/mol. The minimum Gasteiger partial charge on any atom is -0.457 e. The molecule has 2 unspecified atom stereocenters. The van der Waals surface area contributed by atoms with E-state index in [2.05, 4.69) is 26.0 Å². The molecule has 0 aromatic carbocycles. The van der Waals surface area contributed by atoms with Crippen LogP contribution in [-0.2, 0) is 27.9 Å². The van der Waals surface area contributed by atoms with Gasteiger partial charge in [0, 0.05) is 13.0 Å². The van der Waals surface area contributed by atoms with E-state index in [1.54, 1.807) is 0 Å². The number of allylic oxidation sites excluding steroid dienone is 2. The van der Waals surface area contributed by atoms with Crippen molar-refractivity contribution >= 4 is 13.8 Å². The van der Waals surface area contributed by atoms with Crippen LogP contribution in [0.5, 0.6) is 0 Å². The molecule has 8 nitrogen and oxygen atoms in total. The second-order valence-corrected chi connectivity index (χ2v) is 23.5. The minimum atomic E-state index is -4.28. The Labute approximate surface area is 431 Å². The number of quaternary nitrogens is 1. The number of ether oxygens (including phenoxy) is 2. The Balaban J connectivity index is 3.99. The standard InChI is InChI=1S/C60H120NO7P/c1-6-8-10-12-14-16-18-20-22-24-26-28-30-31-32-33-35-37-39-41-43-45-47-49-51-53-60(62)68-59(58-67-69(63,64)66-56-54-61(3,4)5)57-65-55-52-50-48-46-44-42-40-38-36-34-29-27-25-23-21-19-17-15-13-11-9-7-2/h25,27,59H,6-24,26,28-58H2,1-5H3/p+1/b27-25-. The van der Waals surface area contributed by atoms with Crippen LogP contribution in [0.2, 0.25) is 0 Å². The molecule has 0 radical (unpaired) electrons. The first-order valence-corrected chi connectivity index (χ1v) is 31.9. The molecule has 0 rings (SSSR count). The van der Waals surface area contributed by atoms with Gasteiger partial charge >= 0.3 is 13.8 Å². The van der Waals surface area contributed by atoms with Gasteiger partial charge in [-0.15, -0.1) is 0 Å². The van der Waals surface area contributed by atoms with Gasteiger partial charge in [0.1, 0.15) is 19.3 Å². The minimum absolute atomic E-state index is 0.0924. The fourth-order valence-electron chi connectivity index (χ4n) is 9.14. The van der Waals surface area contributed by atoms with Gasteiger partial charge in [0.05, 0.1) is 34.4 Å². The molecule has 0 saturated carbocycles. The van der Waals surface area contributed by atoms with E-state index in [0.29, 0.717) is 24.1 Å². The summed E-state index contributed by atoms with van der Waals surface area (Å²) in [5, 5.41) is 0. The molecule has 0 saturated heterocycles. The highest BCUT2D eigenvalue weighted by Gasteiger charge is 2.26. The Morgan fingerprint density at radius 2 is 0.754 bits per heavy atom. The van der Waals surface area contributed by atoms with Crippen LogP contribution >= 0.6 is 7.82 Å². The summed E-state index contributed by atoms with van der Waals surface area (Å²) in [6.07, 6.45) is 64.3. The van der Waals surface area contributed by atoms with Gasteiger partial charge in [0.15, 0.2) is 0 Å². The lowest BCUT2D eigenvalue weighted by Crippen LogP contribution is -2.37. The van der Waals surface area contributed by atoms with Gasteiger partial charge in [0.2, 0.25) is 0 Å². The van der Waals surface area contributed by atoms with E-state index in [-0.39, 0.29) is 25.8 Å². The normalized spacial score (nSPS) is 13.4. The van der Waals surface area contributed by atoms with Crippen LogP contribution in [0, 0.1) is 0 Å². The van der Waals surface area contributed by atoms with Gasteiger partial charge in [-0.2, -0.15) is 0 Å². The molecule has 0 aliphatic heterocycles. The Morgan fingerprint density at radius 3 is 1.10 bits per heavy atom. The Morgan fingerprint density at radius 1 is 0.435 bits per heavy atom. The van der Waals surface area contributed by atoms with E-state index in [9.17, 15) is 14.3 Å². The van der Waals surface area contributed by atoms with Crippen molar-refractivity contribution in [3.8, 4) is 0 Å². The molecule has 0 aliphatic carbocycles.